The highest BCUT2D eigenvalue weighted by Gasteiger charge is 2.30. The number of amides is 1. The molecule has 0 spiro atoms. The molecule has 0 atom stereocenters. The summed E-state index contributed by atoms with van der Waals surface area (Å²) in [4.78, 5) is 31.0. The SMILES string of the molecule is CCOc1ccc(-c2cc3ccccn3c2C(=O)C(=O)N2CCN(Cc3ccccc3)CC2)cc1. The second-order valence-electron chi connectivity index (χ2n) is 8.74. The minimum absolute atomic E-state index is 0.404. The van der Waals surface area contributed by atoms with Crippen LogP contribution in [0.2, 0.25) is 0 Å². The largest absolute Gasteiger partial charge is 0.494 e. The van der Waals surface area contributed by atoms with E-state index in [0.29, 0.717) is 25.4 Å². The lowest BCUT2D eigenvalue weighted by Crippen LogP contribution is -2.50. The minimum atomic E-state index is -0.475. The number of hydrogen-bond acceptors (Lipinski definition) is 4. The molecule has 6 nitrogen and oxygen atoms in total. The molecule has 0 saturated carbocycles. The van der Waals surface area contributed by atoms with Gasteiger partial charge in [0.1, 0.15) is 11.4 Å². The van der Waals surface area contributed by atoms with Crippen molar-refractivity contribution in [3.05, 3.63) is 96.3 Å². The Labute approximate surface area is 205 Å². The molecule has 5 rings (SSSR count). The maximum atomic E-state index is 13.6. The molecule has 2 aromatic heterocycles. The smallest absolute Gasteiger partial charge is 0.296 e. The molecule has 0 radical (unpaired) electrons. The molecular formula is C29H29N3O3. The molecule has 35 heavy (non-hydrogen) atoms. The van der Waals surface area contributed by atoms with Crippen LogP contribution in [0.1, 0.15) is 23.0 Å². The Morgan fingerprint density at radius 2 is 1.57 bits per heavy atom. The highest BCUT2D eigenvalue weighted by molar-refractivity contribution is 6.43. The molecule has 6 heteroatoms. The van der Waals surface area contributed by atoms with Crippen LogP contribution in [-0.4, -0.2) is 58.7 Å². The highest BCUT2D eigenvalue weighted by Crippen LogP contribution is 2.30. The predicted octanol–water partition coefficient (Wildman–Crippen LogP) is 4.53. The Bertz CT molecular complexity index is 1320. The van der Waals surface area contributed by atoms with Crippen LogP contribution in [0.15, 0.2) is 85.1 Å². The van der Waals surface area contributed by atoms with Crippen molar-refractivity contribution in [1.82, 2.24) is 14.2 Å². The first-order valence-corrected chi connectivity index (χ1v) is 12.1. The average Bonchev–Trinajstić information content (AvgIpc) is 3.29. The molecule has 0 aliphatic carbocycles. The number of aromatic nitrogens is 1. The zero-order valence-corrected chi connectivity index (χ0v) is 19.9. The van der Waals surface area contributed by atoms with Crippen LogP contribution in [0, 0.1) is 0 Å². The van der Waals surface area contributed by atoms with E-state index in [1.807, 2.05) is 84.3 Å². The standard InChI is InChI=1S/C29H29N3O3/c1-2-35-25-13-11-23(12-14-25)26-20-24-10-6-7-15-32(24)27(26)28(33)29(34)31-18-16-30(17-19-31)21-22-8-4-3-5-9-22/h3-15,20H,2,16-19,21H2,1H3. The number of benzene rings is 2. The van der Waals surface area contributed by atoms with Gasteiger partial charge in [-0.3, -0.25) is 14.5 Å². The summed E-state index contributed by atoms with van der Waals surface area (Å²) in [6, 6.07) is 25.7. The first kappa shape index (κ1) is 22.9. The highest BCUT2D eigenvalue weighted by atomic mass is 16.5. The molecule has 1 fully saturated rings. The van der Waals surface area contributed by atoms with Gasteiger partial charge in [0, 0.05) is 50.0 Å². The third-order valence-electron chi connectivity index (χ3n) is 6.47. The van der Waals surface area contributed by atoms with Crippen LogP contribution in [0.4, 0.5) is 0 Å². The predicted molar refractivity (Wildman–Crippen MR) is 137 cm³/mol. The first-order valence-electron chi connectivity index (χ1n) is 12.1. The Kier molecular flexibility index (Phi) is 6.64. The quantitative estimate of drug-likeness (QED) is 0.296. The zero-order valence-electron chi connectivity index (χ0n) is 19.9. The van der Waals surface area contributed by atoms with Crippen molar-refractivity contribution in [2.45, 2.75) is 13.5 Å². The minimum Gasteiger partial charge on any atom is -0.494 e. The van der Waals surface area contributed by atoms with E-state index in [1.165, 1.54) is 5.56 Å². The van der Waals surface area contributed by atoms with E-state index in [2.05, 4.69) is 17.0 Å². The number of carbonyl (C=O) groups excluding carboxylic acids is 2. The van der Waals surface area contributed by atoms with E-state index >= 15 is 0 Å². The number of rotatable bonds is 7. The molecule has 0 N–H and O–H groups in total. The van der Waals surface area contributed by atoms with Gasteiger partial charge in [0.25, 0.3) is 11.7 Å². The van der Waals surface area contributed by atoms with Crippen LogP contribution in [0.3, 0.4) is 0 Å². The molecule has 1 saturated heterocycles. The molecule has 1 aliphatic heterocycles. The second-order valence-corrected chi connectivity index (χ2v) is 8.74. The summed E-state index contributed by atoms with van der Waals surface area (Å²) in [6.07, 6.45) is 1.84. The van der Waals surface area contributed by atoms with Gasteiger partial charge >= 0.3 is 0 Å². The molecule has 3 heterocycles. The zero-order chi connectivity index (χ0) is 24.2. The third kappa shape index (κ3) is 4.84. The molecule has 1 aliphatic rings. The number of hydrogen-bond donors (Lipinski definition) is 0. The van der Waals surface area contributed by atoms with Gasteiger partial charge in [-0.15, -0.1) is 0 Å². The Hall–Kier alpha value is -3.90. The molecule has 4 aromatic rings. The molecular weight excluding hydrogens is 438 g/mol. The van der Waals surface area contributed by atoms with Gasteiger partial charge < -0.3 is 14.0 Å². The fourth-order valence-corrected chi connectivity index (χ4v) is 4.67. The van der Waals surface area contributed by atoms with Gasteiger partial charge in [-0.2, -0.15) is 0 Å². The van der Waals surface area contributed by atoms with Crippen molar-refractivity contribution in [3.63, 3.8) is 0 Å². The van der Waals surface area contributed by atoms with Gasteiger partial charge in [0.2, 0.25) is 0 Å². The molecule has 178 valence electrons. The summed E-state index contributed by atoms with van der Waals surface area (Å²) in [6.45, 7) is 5.95. The number of ether oxygens (including phenoxy) is 1. The summed E-state index contributed by atoms with van der Waals surface area (Å²) in [5.74, 6) is -0.144. The van der Waals surface area contributed by atoms with Gasteiger partial charge in [-0.25, -0.2) is 0 Å². The normalized spacial score (nSPS) is 14.3. The number of carbonyl (C=O) groups is 2. The van der Waals surface area contributed by atoms with Crippen molar-refractivity contribution in [2.24, 2.45) is 0 Å². The van der Waals surface area contributed by atoms with E-state index in [0.717, 1.165) is 42.0 Å². The summed E-state index contributed by atoms with van der Waals surface area (Å²) in [5.41, 5.74) is 4.16. The average molecular weight is 468 g/mol. The second kappa shape index (κ2) is 10.2. The number of piperazine rings is 1. The van der Waals surface area contributed by atoms with Crippen LogP contribution < -0.4 is 4.74 Å². The van der Waals surface area contributed by atoms with E-state index in [4.69, 9.17) is 4.74 Å². The Morgan fingerprint density at radius 1 is 0.857 bits per heavy atom. The van der Waals surface area contributed by atoms with Gasteiger partial charge in [-0.1, -0.05) is 48.5 Å². The van der Waals surface area contributed by atoms with Gasteiger partial charge in [-0.05, 0) is 48.4 Å². The summed E-state index contributed by atoms with van der Waals surface area (Å²) >= 11 is 0. The van der Waals surface area contributed by atoms with Gasteiger partial charge in [0.15, 0.2) is 0 Å². The number of nitrogens with zero attached hydrogens (tertiary/aromatic N) is 3. The lowest BCUT2D eigenvalue weighted by atomic mass is 10.0. The number of Topliss-reactive ketones (excluding diaryl/α,β-unsaturated/α-hetero) is 1. The van der Waals surface area contributed by atoms with E-state index in [1.54, 1.807) is 4.90 Å². The van der Waals surface area contributed by atoms with Crippen LogP contribution in [-0.2, 0) is 11.3 Å². The maximum absolute atomic E-state index is 13.6. The monoisotopic (exact) mass is 467 g/mol. The molecule has 0 unspecified atom stereocenters. The van der Waals surface area contributed by atoms with E-state index < -0.39 is 11.7 Å². The van der Waals surface area contributed by atoms with Crippen LogP contribution >= 0.6 is 0 Å². The van der Waals surface area contributed by atoms with Crippen molar-refractivity contribution < 1.29 is 14.3 Å². The first-order chi connectivity index (χ1) is 17.1. The van der Waals surface area contributed by atoms with Crippen molar-refractivity contribution in [1.29, 1.82) is 0 Å². The van der Waals surface area contributed by atoms with Crippen LogP contribution in [0.5, 0.6) is 5.75 Å². The Morgan fingerprint density at radius 3 is 2.29 bits per heavy atom. The number of fused-ring (bicyclic) bond motifs is 1. The van der Waals surface area contributed by atoms with Crippen molar-refractivity contribution >= 4 is 17.2 Å². The topological polar surface area (TPSA) is 54.3 Å². The lowest BCUT2D eigenvalue weighted by Gasteiger charge is -2.34. The van der Waals surface area contributed by atoms with Crippen molar-refractivity contribution in [3.8, 4) is 16.9 Å². The number of ketones is 1. The molecule has 2 aromatic carbocycles. The van der Waals surface area contributed by atoms with Gasteiger partial charge in [0.05, 0.1) is 6.61 Å². The summed E-state index contributed by atoms with van der Waals surface area (Å²) in [7, 11) is 0. The van der Waals surface area contributed by atoms with E-state index in [-0.39, 0.29) is 0 Å². The summed E-state index contributed by atoms with van der Waals surface area (Å²) < 4.78 is 7.38. The molecule has 0 bridgehead atoms. The maximum Gasteiger partial charge on any atom is 0.296 e. The van der Waals surface area contributed by atoms with Crippen LogP contribution in [0.25, 0.3) is 16.6 Å². The molecule has 1 amide bonds. The number of pyridine rings is 1. The van der Waals surface area contributed by atoms with E-state index in [9.17, 15) is 9.59 Å². The lowest BCUT2D eigenvalue weighted by molar-refractivity contribution is -0.128. The fraction of sp³-hybridized carbons (Fsp3) is 0.241. The summed E-state index contributed by atoms with van der Waals surface area (Å²) in [5, 5.41) is 0. The fourth-order valence-electron chi connectivity index (χ4n) is 4.67. The Balaban J connectivity index is 1.36. The third-order valence-corrected chi connectivity index (χ3v) is 6.47. The van der Waals surface area contributed by atoms with Crippen molar-refractivity contribution in [2.75, 3.05) is 32.8 Å².